The lowest BCUT2D eigenvalue weighted by Crippen LogP contribution is -2.47. The van der Waals surface area contributed by atoms with Crippen molar-refractivity contribution in [3.63, 3.8) is 0 Å². The standard InChI is InChI=1S/C20H29N3O4/c1-4-14(2)17(19(25)27-3)22-20(26)21-16-11-7-6-10-15(16)18(24)23-12-8-5-9-13-23/h6-7,10-11,14,17H,4-5,8-9,12-13H2,1-3H3,(H2,21,22,26). The van der Waals surface area contributed by atoms with Crippen molar-refractivity contribution in [3.8, 4) is 0 Å². The molecule has 1 aliphatic rings. The Morgan fingerprint density at radius 1 is 1.15 bits per heavy atom. The first-order valence-electron chi connectivity index (χ1n) is 9.51. The number of piperidine rings is 1. The molecule has 2 N–H and O–H groups in total. The van der Waals surface area contributed by atoms with Crippen LogP contribution >= 0.6 is 0 Å². The lowest BCUT2D eigenvalue weighted by Gasteiger charge is -2.27. The van der Waals surface area contributed by atoms with Crippen molar-refractivity contribution in [2.24, 2.45) is 5.92 Å². The highest BCUT2D eigenvalue weighted by Gasteiger charge is 2.27. The van der Waals surface area contributed by atoms with Gasteiger partial charge in [0.05, 0.1) is 18.4 Å². The monoisotopic (exact) mass is 375 g/mol. The Hall–Kier alpha value is -2.57. The second-order valence-corrected chi connectivity index (χ2v) is 6.88. The summed E-state index contributed by atoms with van der Waals surface area (Å²) in [6.45, 7) is 5.28. The van der Waals surface area contributed by atoms with Gasteiger partial charge in [-0.25, -0.2) is 9.59 Å². The summed E-state index contributed by atoms with van der Waals surface area (Å²) in [5, 5.41) is 5.38. The number of nitrogens with zero attached hydrogens (tertiary/aromatic N) is 1. The van der Waals surface area contributed by atoms with Gasteiger partial charge in [-0.2, -0.15) is 0 Å². The van der Waals surface area contributed by atoms with Crippen molar-refractivity contribution < 1.29 is 19.1 Å². The second kappa shape index (κ2) is 9.94. The Morgan fingerprint density at radius 2 is 1.81 bits per heavy atom. The summed E-state index contributed by atoms with van der Waals surface area (Å²) in [4.78, 5) is 39.0. The number of amides is 3. The van der Waals surface area contributed by atoms with E-state index in [1.165, 1.54) is 7.11 Å². The van der Waals surface area contributed by atoms with Gasteiger partial charge in [-0.1, -0.05) is 32.4 Å². The molecule has 7 heteroatoms. The summed E-state index contributed by atoms with van der Waals surface area (Å²) >= 11 is 0. The topological polar surface area (TPSA) is 87.7 Å². The maximum atomic E-state index is 12.8. The minimum absolute atomic E-state index is 0.0755. The molecule has 1 heterocycles. The highest BCUT2D eigenvalue weighted by molar-refractivity contribution is 6.03. The van der Waals surface area contributed by atoms with Gasteiger partial charge in [-0.3, -0.25) is 4.79 Å². The van der Waals surface area contributed by atoms with Crippen LogP contribution in [0.5, 0.6) is 0 Å². The Labute approximate surface area is 160 Å². The van der Waals surface area contributed by atoms with Gasteiger partial charge in [-0.05, 0) is 37.3 Å². The minimum Gasteiger partial charge on any atom is -0.467 e. The van der Waals surface area contributed by atoms with Gasteiger partial charge < -0.3 is 20.3 Å². The van der Waals surface area contributed by atoms with Gasteiger partial charge in [0, 0.05) is 13.1 Å². The predicted molar refractivity (Wildman–Crippen MR) is 104 cm³/mol. The van der Waals surface area contributed by atoms with Gasteiger partial charge in [0.2, 0.25) is 0 Å². The quantitative estimate of drug-likeness (QED) is 0.748. The van der Waals surface area contributed by atoms with E-state index in [0.29, 0.717) is 17.7 Å². The molecule has 2 atom stereocenters. The summed E-state index contributed by atoms with van der Waals surface area (Å²) in [5.74, 6) is -0.650. The van der Waals surface area contributed by atoms with Gasteiger partial charge in [0.25, 0.3) is 5.91 Å². The largest absolute Gasteiger partial charge is 0.467 e. The third kappa shape index (κ3) is 5.45. The average molecular weight is 375 g/mol. The Kier molecular flexibility index (Phi) is 7.64. The van der Waals surface area contributed by atoms with E-state index in [4.69, 9.17) is 4.74 Å². The number of nitrogens with one attached hydrogen (secondary N) is 2. The number of urea groups is 1. The van der Waals surface area contributed by atoms with E-state index in [-0.39, 0.29) is 11.8 Å². The van der Waals surface area contributed by atoms with Crippen LogP contribution in [-0.2, 0) is 9.53 Å². The molecule has 148 valence electrons. The molecule has 0 spiro atoms. The van der Waals surface area contributed by atoms with Crippen LogP contribution in [0.25, 0.3) is 0 Å². The number of para-hydroxylation sites is 1. The van der Waals surface area contributed by atoms with Crippen LogP contribution in [-0.4, -0.2) is 49.0 Å². The Balaban J connectivity index is 2.11. The second-order valence-electron chi connectivity index (χ2n) is 6.88. The molecule has 0 radical (unpaired) electrons. The number of hydrogen-bond acceptors (Lipinski definition) is 4. The Bertz CT molecular complexity index is 671. The smallest absolute Gasteiger partial charge is 0.328 e. The SMILES string of the molecule is CCC(C)C(NC(=O)Nc1ccccc1C(=O)N1CCCCC1)C(=O)OC. The molecular weight excluding hydrogens is 346 g/mol. The molecule has 0 aromatic heterocycles. The van der Waals surface area contributed by atoms with Crippen LogP contribution in [0.15, 0.2) is 24.3 Å². The molecule has 1 aliphatic heterocycles. The Morgan fingerprint density at radius 3 is 2.44 bits per heavy atom. The number of likely N-dealkylation sites (tertiary alicyclic amines) is 1. The molecule has 0 bridgehead atoms. The maximum Gasteiger partial charge on any atom is 0.328 e. The fraction of sp³-hybridized carbons (Fsp3) is 0.550. The zero-order chi connectivity index (χ0) is 19.8. The molecule has 0 aliphatic carbocycles. The highest BCUT2D eigenvalue weighted by atomic mass is 16.5. The number of ether oxygens (including phenoxy) is 1. The zero-order valence-electron chi connectivity index (χ0n) is 16.3. The fourth-order valence-corrected chi connectivity index (χ4v) is 3.14. The van der Waals surface area contributed by atoms with Crippen LogP contribution in [0.2, 0.25) is 0 Å². The van der Waals surface area contributed by atoms with E-state index in [1.807, 2.05) is 18.7 Å². The zero-order valence-corrected chi connectivity index (χ0v) is 16.3. The summed E-state index contributed by atoms with van der Waals surface area (Å²) in [7, 11) is 1.30. The third-order valence-corrected chi connectivity index (χ3v) is 5.00. The van der Waals surface area contributed by atoms with Gasteiger partial charge in [0.15, 0.2) is 0 Å². The third-order valence-electron chi connectivity index (χ3n) is 5.00. The first kappa shape index (κ1) is 20.7. The lowest BCUT2D eigenvalue weighted by atomic mass is 9.99. The number of rotatable bonds is 6. The van der Waals surface area contributed by atoms with Crippen LogP contribution in [0.1, 0.15) is 49.9 Å². The van der Waals surface area contributed by atoms with Crippen molar-refractivity contribution in [1.82, 2.24) is 10.2 Å². The number of carbonyl (C=O) groups is 3. The van der Waals surface area contributed by atoms with E-state index in [0.717, 1.165) is 32.4 Å². The molecular formula is C20H29N3O4. The number of anilines is 1. The van der Waals surface area contributed by atoms with Gasteiger partial charge in [-0.15, -0.1) is 0 Å². The fourth-order valence-electron chi connectivity index (χ4n) is 3.14. The molecule has 7 nitrogen and oxygen atoms in total. The van der Waals surface area contributed by atoms with E-state index in [9.17, 15) is 14.4 Å². The molecule has 2 rings (SSSR count). The summed E-state index contributed by atoms with van der Waals surface area (Å²) in [5.41, 5.74) is 0.881. The van der Waals surface area contributed by atoms with Crippen molar-refractivity contribution in [3.05, 3.63) is 29.8 Å². The van der Waals surface area contributed by atoms with Crippen LogP contribution in [0.3, 0.4) is 0 Å². The number of hydrogen-bond donors (Lipinski definition) is 2. The molecule has 1 saturated heterocycles. The summed E-state index contributed by atoms with van der Waals surface area (Å²) < 4.78 is 4.79. The summed E-state index contributed by atoms with van der Waals surface area (Å²) in [6, 6.07) is 5.65. The number of methoxy groups -OCH3 is 1. The normalized spacial score (nSPS) is 16.2. The molecule has 27 heavy (non-hydrogen) atoms. The predicted octanol–water partition coefficient (Wildman–Crippen LogP) is 3.02. The molecule has 3 amide bonds. The highest BCUT2D eigenvalue weighted by Crippen LogP contribution is 2.20. The van der Waals surface area contributed by atoms with E-state index in [2.05, 4.69) is 10.6 Å². The molecule has 1 aromatic carbocycles. The van der Waals surface area contributed by atoms with E-state index in [1.54, 1.807) is 24.3 Å². The van der Waals surface area contributed by atoms with Crippen LogP contribution in [0, 0.1) is 5.92 Å². The first-order valence-corrected chi connectivity index (χ1v) is 9.51. The van der Waals surface area contributed by atoms with E-state index >= 15 is 0 Å². The van der Waals surface area contributed by atoms with Crippen molar-refractivity contribution in [2.75, 3.05) is 25.5 Å². The average Bonchev–Trinajstić information content (AvgIpc) is 2.71. The molecule has 1 aromatic rings. The molecule has 2 unspecified atom stereocenters. The first-order chi connectivity index (χ1) is 13.0. The van der Waals surface area contributed by atoms with E-state index < -0.39 is 18.0 Å². The molecule has 0 saturated carbocycles. The number of esters is 1. The lowest BCUT2D eigenvalue weighted by molar-refractivity contribution is -0.144. The minimum atomic E-state index is -0.745. The van der Waals surface area contributed by atoms with Crippen LogP contribution in [0.4, 0.5) is 10.5 Å². The number of carbonyl (C=O) groups excluding carboxylic acids is 3. The van der Waals surface area contributed by atoms with Crippen molar-refractivity contribution >= 4 is 23.6 Å². The van der Waals surface area contributed by atoms with Crippen molar-refractivity contribution in [1.29, 1.82) is 0 Å². The van der Waals surface area contributed by atoms with Crippen LogP contribution < -0.4 is 10.6 Å². The maximum absolute atomic E-state index is 12.8. The summed E-state index contributed by atoms with van der Waals surface area (Å²) in [6.07, 6.45) is 3.84. The number of benzene rings is 1. The van der Waals surface area contributed by atoms with Gasteiger partial charge >= 0.3 is 12.0 Å². The molecule has 1 fully saturated rings. The van der Waals surface area contributed by atoms with Gasteiger partial charge in [0.1, 0.15) is 6.04 Å². The van der Waals surface area contributed by atoms with Crippen molar-refractivity contribution in [2.45, 2.75) is 45.6 Å².